The Bertz CT molecular complexity index is 501. The molecule has 0 saturated heterocycles. The van der Waals surface area contributed by atoms with Gasteiger partial charge in [0.2, 0.25) is 0 Å². The van der Waals surface area contributed by atoms with E-state index in [0.717, 1.165) is 6.07 Å². The second kappa shape index (κ2) is 6.26. The van der Waals surface area contributed by atoms with Crippen LogP contribution in [0.2, 0.25) is 0 Å². The van der Waals surface area contributed by atoms with Crippen LogP contribution in [-0.2, 0) is 10.6 Å². The van der Waals surface area contributed by atoms with Gasteiger partial charge >= 0.3 is 5.97 Å². The molecule has 0 aliphatic carbocycles. The van der Waals surface area contributed by atoms with Crippen molar-refractivity contribution in [2.45, 2.75) is 19.2 Å². The molecule has 96 valence electrons. The van der Waals surface area contributed by atoms with Gasteiger partial charge in [-0.05, 0) is 13.0 Å². The van der Waals surface area contributed by atoms with Crippen molar-refractivity contribution in [1.29, 1.82) is 5.26 Å². The van der Waals surface area contributed by atoms with E-state index in [1.165, 1.54) is 0 Å². The number of alkyl halides is 3. The second-order valence-corrected chi connectivity index (χ2v) is 3.45. The Kier molecular flexibility index (Phi) is 4.98. The SMILES string of the molecule is CCOC(=O)c1cc(C#N)c(C(F)F)nc1CCl. The third kappa shape index (κ3) is 2.93. The maximum Gasteiger partial charge on any atom is 0.340 e. The van der Waals surface area contributed by atoms with Crippen molar-refractivity contribution < 1.29 is 18.3 Å². The molecule has 0 atom stereocenters. The van der Waals surface area contributed by atoms with Crippen molar-refractivity contribution in [3.63, 3.8) is 0 Å². The number of hydrogen-bond donors (Lipinski definition) is 0. The number of halogens is 3. The van der Waals surface area contributed by atoms with E-state index in [1.807, 2.05) is 0 Å². The molecule has 0 radical (unpaired) electrons. The van der Waals surface area contributed by atoms with Crippen LogP contribution in [0.4, 0.5) is 8.78 Å². The van der Waals surface area contributed by atoms with Gasteiger partial charge in [0, 0.05) is 0 Å². The molecule has 4 nitrogen and oxygen atoms in total. The molecule has 0 unspecified atom stereocenters. The van der Waals surface area contributed by atoms with Crippen LogP contribution in [0.15, 0.2) is 6.07 Å². The smallest absolute Gasteiger partial charge is 0.340 e. The average molecular weight is 275 g/mol. The molecule has 0 fully saturated rings. The van der Waals surface area contributed by atoms with Crippen molar-refractivity contribution in [2.24, 2.45) is 0 Å². The Morgan fingerprint density at radius 3 is 2.78 bits per heavy atom. The number of carbonyl (C=O) groups excluding carboxylic acids is 1. The molecule has 0 bridgehead atoms. The van der Waals surface area contributed by atoms with Gasteiger partial charge in [-0.1, -0.05) is 0 Å². The third-order valence-corrected chi connectivity index (χ3v) is 2.33. The zero-order valence-electron chi connectivity index (χ0n) is 9.41. The lowest BCUT2D eigenvalue weighted by atomic mass is 10.1. The van der Waals surface area contributed by atoms with Crippen molar-refractivity contribution in [3.8, 4) is 6.07 Å². The van der Waals surface area contributed by atoms with E-state index in [9.17, 15) is 13.6 Å². The fourth-order valence-corrected chi connectivity index (χ4v) is 1.51. The van der Waals surface area contributed by atoms with Gasteiger partial charge in [0.1, 0.15) is 11.8 Å². The molecule has 0 saturated carbocycles. The molecular weight excluding hydrogens is 266 g/mol. The first-order valence-corrected chi connectivity index (χ1v) is 5.53. The second-order valence-electron chi connectivity index (χ2n) is 3.18. The van der Waals surface area contributed by atoms with Gasteiger partial charge in [0.25, 0.3) is 6.43 Å². The van der Waals surface area contributed by atoms with E-state index in [2.05, 4.69) is 4.98 Å². The Morgan fingerprint density at radius 1 is 1.67 bits per heavy atom. The molecule has 1 rings (SSSR count). The number of esters is 1. The molecule has 0 N–H and O–H groups in total. The Hall–Kier alpha value is -1.74. The van der Waals surface area contributed by atoms with Crippen molar-refractivity contribution in [1.82, 2.24) is 4.98 Å². The minimum Gasteiger partial charge on any atom is -0.462 e. The van der Waals surface area contributed by atoms with Crippen LogP contribution < -0.4 is 0 Å². The summed E-state index contributed by atoms with van der Waals surface area (Å²) in [4.78, 5) is 15.1. The van der Waals surface area contributed by atoms with Gasteiger partial charge < -0.3 is 4.74 Å². The quantitative estimate of drug-likeness (QED) is 0.625. The molecule has 0 aliphatic heterocycles. The van der Waals surface area contributed by atoms with E-state index < -0.39 is 18.1 Å². The summed E-state index contributed by atoms with van der Waals surface area (Å²) in [5.74, 6) is -0.961. The van der Waals surface area contributed by atoms with E-state index in [0.29, 0.717) is 0 Å². The maximum absolute atomic E-state index is 12.6. The van der Waals surface area contributed by atoms with Crippen LogP contribution in [0.5, 0.6) is 0 Å². The van der Waals surface area contributed by atoms with Gasteiger partial charge in [-0.2, -0.15) is 5.26 Å². The number of nitrogens with zero attached hydrogens (tertiary/aromatic N) is 2. The molecule has 18 heavy (non-hydrogen) atoms. The Balaban J connectivity index is 3.36. The summed E-state index contributed by atoms with van der Waals surface area (Å²) < 4.78 is 30.0. The lowest BCUT2D eigenvalue weighted by Crippen LogP contribution is -2.12. The van der Waals surface area contributed by atoms with Gasteiger partial charge in [-0.3, -0.25) is 0 Å². The number of carbonyl (C=O) groups is 1. The summed E-state index contributed by atoms with van der Waals surface area (Å²) in [6.07, 6.45) is -2.90. The lowest BCUT2D eigenvalue weighted by molar-refractivity contribution is 0.0524. The van der Waals surface area contributed by atoms with Gasteiger partial charge in [-0.15, -0.1) is 11.6 Å². The van der Waals surface area contributed by atoms with Crippen LogP contribution in [0.3, 0.4) is 0 Å². The minimum absolute atomic E-state index is 0.0237. The highest BCUT2D eigenvalue weighted by atomic mass is 35.5. The summed E-state index contributed by atoms with van der Waals surface area (Å²) >= 11 is 5.55. The van der Waals surface area contributed by atoms with Crippen molar-refractivity contribution in [3.05, 3.63) is 28.6 Å². The third-order valence-electron chi connectivity index (χ3n) is 2.08. The first-order chi connectivity index (χ1) is 8.54. The molecule has 1 heterocycles. The number of nitriles is 1. The zero-order valence-corrected chi connectivity index (χ0v) is 10.2. The highest BCUT2D eigenvalue weighted by Gasteiger charge is 2.22. The van der Waals surface area contributed by atoms with Crippen LogP contribution >= 0.6 is 11.6 Å². The average Bonchev–Trinajstić information content (AvgIpc) is 2.37. The first kappa shape index (κ1) is 14.3. The molecule has 1 aromatic rings. The van der Waals surface area contributed by atoms with Crippen LogP contribution in [-0.4, -0.2) is 17.6 Å². The summed E-state index contributed by atoms with van der Waals surface area (Å²) in [6.45, 7) is 1.73. The first-order valence-electron chi connectivity index (χ1n) is 5.00. The van der Waals surface area contributed by atoms with Crippen LogP contribution in [0.25, 0.3) is 0 Å². The predicted molar refractivity (Wildman–Crippen MR) is 59.4 cm³/mol. The maximum atomic E-state index is 12.6. The summed E-state index contributed by atoms with van der Waals surface area (Å²) in [7, 11) is 0. The monoisotopic (exact) mass is 274 g/mol. The van der Waals surface area contributed by atoms with Crippen molar-refractivity contribution >= 4 is 17.6 Å². The van der Waals surface area contributed by atoms with Gasteiger partial charge in [0.05, 0.1) is 29.3 Å². The van der Waals surface area contributed by atoms with Gasteiger partial charge in [-0.25, -0.2) is 18.6 Å². The van der Waals surface area contributed by atoms with Crippen molar-refractivity contribution in [2.75, 3.05) is 6.61 Å². The highest BCUT2D eigenvalue weighted by Crippen LogP contribution is 2.24. The van der Waals surface area contributed by atoms with E-state index in [1.54, 1.807) is 13.0 Å². The van der Waals surface area contributed by atoms with Crippen LogP contribution in [0, 0.1) is 11.3 Å². The summed E-state index contributed by atoms with van der Waals surface area (Å²) in [5.41, 5.74) is -1.12. The molecule has 1 aromatic heterocycles. The fraction of sp³-hybridized carbons (Fsp3) is 0.364. The molecule has 7 heteroatoms. The highest BCUT2D eigenvalue weighted by molar-refractivity contribution is 6.17. The number of rotatable bonds is 4. The summed E-state index contributed by atoms with van der Waals surface area (Å²) in [6, 6.07) is 2.60. The van der Waals surface area contributed by atoms with Crippen LogP contribution in [0.1, 0.15) is 40.7 Å². The number of ether oxygens (including phenoxy) is 1. The van der Waals surface area contributed by atoms with E-state index in [-0.39, 0.29) is 29.3 Å². The predicted octanol–water partition coefficient (Wildman–Crippen LogP) is 2.81. The molecule has 0 aliphatic rings. The molecule has 0 aromatic carbocycles. The van der Waals surface area contributed by atoms with E-state index in [4.69, 9.17) is 21.6 Å². The standard InChI is InChI=1S/C11H9ClF2N2O2/c1-2-18-11(17)7-3-6(5-15)9(10(13)14)16-8(7)4-12/h3,10H,2,4H2,1H3. The molecule has 0 amide bonds. The Morgan fingerprint density at radius 2 is 2.33 bits per heavy atom. The normalized spacial score (nSPS) is 10.2. The van der Waals surface area contributed by atoms with E-state index >= 15 is 0 Å². The number of pyridine rings is 1. The Labute approximate surface area is 107 Å². The summed E-state index contributed by atoms with van der Waals surface area (Å²) in [5, 5.41) is 8.76. The zero-order chi connectivity index (χ0) is 13.7. The lowest BCUT2D eigenvalue weighted by Gasteiger charge is -2.09. The largest absolute Gasteiger partial charge is 0.462 e. The van der Waals surface area contributed by atoms with Gasteiger partial charge in [0.15, 0.2) is 0 Å². The number of aromatic nitrogens is 1. The minimum atomic E-state index is -2.90. The number of hydrogen-bond acceptors (Lipinski definition) is 4. The fourth-order valence-electron chi connectivity index (χ4n) is 1.31. The molecular formula is C11H9ClF2N2O2. The molecule has 0 spiro atoms. The topological polar surface area (TPSA) is 63.0 Å².